The molecule has 0 radical (unpaired) electrons. The van der Waals surface area contributed by atoms with Gasteiger partial charge in [0.2, 0.25) is 5.82 Å². The van der Waals surface area contributed by atoms with Crippen molar-refractivity contribution in [1.82, 2.24) is 4.98 Å². The Morgan fingerprint density at radius 1 is 1.47 bits per heavy atom. The number of anilines is 1. The molecule has 0 saturated carbocycles. The van der Waals surface area contributed by atoms with Crippen LogP contribution in [0.15, 0.2) is 40.0 Å². The van der Waals surface area contributed by atoms with Gasteiger partial charge in [0.25, 0.3) is 0 Å². The Hall–Kier alpha value is -2.02. The maximum Gasteiger partial charge on any atom is 0.311 e. The number of rotatable bonds is 4. The molecule has 0 saturated heterocycles. The average Bonchev–Trinajstić information content (AvgIpc) is 2.78. The number of nitrogen functional groups attached to an aromatic ring is 1. The highest BCUT2D eigenvalue weighted by Crippen LogP contribution is 2.26. The number of nitro groups is 1. The zero-order chi connectivity index (χ0) is 12.3. The predicted octanol–water partition coefficient (Wildman–Crippen LogP) is 2.46. The molecule has 6 nitrogen and oxygen atoms in total. The van der Waals surface area contributed by atoms with Gasteiger partial charge in [0.05, 0.1) is 22.0 Å². The van der Waals surface area contributed by atoms with E-state index in [1.165, 1.54) is 17.8 Å². The molecular weight excluding hydrogens is 242 g/mol. The van der Waals surface area contributed by atoms with Crippen LogP contribution in [0.5, 0.6) is 0 Å². The van der Waals surface area contributed by atoms with E-state index in [4.69, 9.17) is 10.2 Å². The molecule has 2 N–H and O–H groups in total. The molecule has 0 fully saturated rings. The second kappa shape index (κ2) is 4.88. The van der Waals surface area contributed by atoms with Gasteiger partial charge >= 0.3 is 5.69 Å². The van der Waals surface area contributed by atoms with Gasteiger partial charge in [0.1, 0.15) is 5.76 Å². The second-order valence-corrected chi connectivity index (χ2v) is 4.17. The summed E-state index contributed by atoms with van der Waals surface area (Å²) in [5.74, 6) is 1.35. The summed E-state index contributed by atoms with van der Waals surface area (Å²) in [6, 6.07) is 6.57. The molecule has 0 aliphatic carbocycles. The summed E-state index contributed by atoms with van der Waals surface area (Å²) < 4.78 is 5.16. The molecule has 2 aromatic rings. The summed E-state index contributed by atoms with van der Waals surface area (Å²) in [4.78, 5) is 13.9. The van der Waals surface area contributed by atoms with Crippen LogP contribution in [-0.4, -0.2) is 9.91 Å². The van der Waals surface area contributed by atoms with Gasteiger partial charge in [-0.1, -0.05) is 11.8 Å². The van der Waals surface area contributed by atoms with Crippen LogP contribution in [0.3, 0.4) is 0 Å². The Bertz CT molecular complexity index is 528. The van der Waals surface area contributed by atoms with E-state index in [-0.39, 0.29) is 11.5 Å². The smallest absolute Gasteiger partial charge is 0.311 e. The number of hydrogen-bond acceptors (Lipinski definition) is 6. The fourth-order valence-corrected chi connectivity index (χ4v) is 2.00. The third-order valence-corrected chi connectivity index (χ3v) is 2.97. The van der Waals surface area contributed by atoms with Crippen LogP contribution >= 0.6 is 11.8 Å². The maximum atomic E-state index is 10.5. The SMILES string of the molecule is Nc1nc(SCc2ccco2)ccc1[N+](=O)[O-]. The summed E-state index contributed by atoms with van der Waals surface area (Å²) in [6.07, 6.45) is 1.59. The third kappa shape index (κ3) is 2.76. The van der Waals surface area contributed by atoms with Crippen LogP contribution < -0.4 is 5.73 Å². The quantitative estimate of drug-likeness (QED) is 0.509. The molecule has 2 heterocycles. The molecule has 0 aliphatic heterocycles. The Kier molecular flexibility index (Phi) is 3.29. The largest absolute Gasteiger partial charge is 0.468 e. The van der Waals surface area contributed by atoms with Crippen molar-refractivity contribution < 1.29 is 9.34 Å². The van der Waals surface area contributed by atoms with E-state index in [0.717, 1.165) is 5.76 Å². The summed E-state index contributed by atoms with van der Waals surface area (Å²) in [5.41, 5.74) is 5.31. The molecule has 0 unspecified atom stereocenters. The van der Waals surface area contributed by atoms with E-state index < -0.39 is 4.92 Å². The van der Waals surface area contributed by atoms with Gasteiger partial charge in [0, 0.05) is 6.07 Å². The number of thioether (sulfide) groups is 1. The normalized spacial score (nSPS) is 10.4. The van der Waals surface area contributed by atoms with Gasteiger partial charge in [0.15, 0.2) is 0 Å². The first-order chi connectivity index (χ1) is 8.16. The van der Waals surface area contributed by atoms with Crippen molar-refractivity contribution in [3.63, 3.8) is 0 Å². The third-order valence-electron chi connectivity index (χ3n) is 2.02. The standard InChI is InChI=1S/C10H9N3O3S/c11-10-8(13(14)15)3-4-9(12-10)17-6-7-2-1-5-16-7/h1-5H,6H2,(H2,11,12). The van der Waals surface area contributed by atoms with Crippen molar-refractivity contribution in [3.05, 3.63) is 46.4 Å². The first kappa shape index (κ1) is 11.5. The summed E-state index contributed by atoms with van der Waals surface area (Å²) >= 11 is 1.41. The zero-order valence-electron chi connectivity index (χ0n) is 8.70. The van der Waals surface area contributed by atoms with E-state index in [0.29, 0.717) is 10.8 Å². The van der Waals surface area contributed by atoms with Gasteiger partial charge in [-0.3, -0.25) is 10.1 Å². The van der Waals surface area contributed by atoms with E-state index >= 15 is 0 Å². The summed E-state index contributed by atoms with van der Waals surface area (Å²) in [7, 11) is 0. The second-order valence-electron chi connectivity index (χ2n) is 3.18. The lowest BCUT2D eigenvalue weighted by atomic mass is 10.4. The summed E-state index contributed by atoms with van der Waals surface area (Å²) in [6.45, 7) is 0. The molecule has 17 heavy (non-hydrogen) atoms. The fraction of sp³-hybridized carbons (Fsp3) is 0.100. The molecule has 2 rings (SSSR count). The number of nitrogens with two attached hydrogens (primary N) is 1. The molecule has 0 aliphatic rings. The van der Waals surface area contributed by atoms with Crippen LogP contribution in [0.2, 0.25) is 0 Å². The first-order valence-electron chi connectivity index (χ1n) is 4.73. The van der Waals surface area contributed by atoms with Crippen molar-refractivity contribution >= 4 is 23.3 Å². The minimum absolute atomic E-state index is 0.0700. The highest BCUT2D eigenvalue weighted by atomic mass is 32.2. The Morgan fingerprint density at radius 2 is 2.29 bits per heavy atom. The fourth-order valence-electron chi connectivity index (χ4n) is 1.22. The van der Waals surface area contributed by atoms with E-state index in [2.05, 4.69) is 4.98 Å². The van der Waals surface area contributed by atoms with E-state index in [9.17, 15) is 10.1 Å². The highest BCUT2D eigenvalue weighted by Gasteiger charge is 2.13. The van der Waals surface area contributed by atoms with Gasteiger partial charge < -0.3 is 10.2 Å². The van der Waals surface area contributed by atoms with Crippen molar-refractivity contribution in [3.8, 4) is 0 Å². The molecule has 0 atom stereocenters. The topological polar surface area (TPSA) is 95.2 Å². The highest BCUT2D eigenvalue weighted by molar-refractivity contribution is 7.98. The monoisotopic (exact) mass is 251 g/mol. The zero-order valence-corrected chi connectivity index (χ0v) is 9.52. The number of nitrogens with zero attached hydrogens (tertiary/aromatic N) is 2. The number of pyridine rings is 1. The molecule has 0 spiro atoms. The molecule has 0 amide bonds. The number of hydrogen-bond donors (Lipinski definition) is 1. The van der Waals surface area contributed by atoms with Crippen LogP contribution in [0, 0.1) is 10.1 Å². The molecule has 0 aromatic carbocycles. The van der Waals surface area contributed by atoms with Crippen LogP contribution in [0.4, 0.5) is 11.5 Å². The first-order valence-corrected chi connectivity index (χ1v) is 5.71. The molecule has 2 aromatic heterocycles. The van der Waals surface area contributed by atoms with Gasteiger partial charge in [-0.2, -0.15) is 0 Å². The minimum Gasteiger partial charge on any atom is -0.468 e. The van der Waals surface area contributed by atoms with Gasteiger partial charge in [-0.05, 0) is 18.2 Å². The maximum absolute atomic E-state index is 10.5. The predicted molar refractivity (Wildman–Crippen MR) is 63.6 cm³/mol. The Morgan fingerprint density at radius 3 is 2.88 bits per heavy atom. The molecule has 88 valence electrons. The van der Waals surface area contributed by atoms with E-state index in [1.54, 1.807) is 18.4 Å². The Labute approximate surface area is 101 Å². The Balaban J connectivity index is 2.07. The lowest BCUT2D eigenvalue weighted by Gasteiger charge is -2.00. The van der Waals surface area contributed by atoms with Crippen LogP contribution in [0.1, 0.15) is 5.76 Å². The van der Waals surface area contributed by atoms with Crippen molar-refractivity contribution in [1.29, 1.82) is 0 Å². The van der Waals surface area contributed by atoms with Gasteiger partial charge in [-0.25, -0.2) is 4.98 Å². The van der Waals surface area contributed by atoms with Crippen molar-refractivity contribution in [2.75, 3.05) is 5.73 Å². The van der Waals surface area contributed by atoms with Gasteiger partial charge in [-0.15, -0.1) is 0 Å². The lowest BCUT2D eigenvalue weighted by Crippen LogP contribution is -1.98. The van der Waals surface area contributed by atoms with E-state index in [1.807, 2.05) is 6.07 Å². The number of furan rings is 1. The summed E-state index contributed by atoms with van der Waals surface area (Å²) in [5, 5.41) is 11.2. The molecular formula is C10H9N3O3S. The minimum atomic E-state index is -0.552. The van der Waals surface area contributed by atoms with Crippen LogP contribution in [-0.2, 0) is 5.75 Å². The van der Waals surface area contributed by atoms with Crippen molar-refractivity contribution in [2.24, 2.45) is 0 Å². The average molecular weight is 251 g/mol. The molecule has 0 bridgehead atoms. The number of aromatic nitrogens is 1. The lowest BCUT2D eigenvalue weighted by molar-refractivity contribution is -0.384. The van der Waals surface area contributed by atoms with Crippen LogP contribution in [0.25, 0.3) is 0 Å². The molecule has 7 heteroatoms. The van der Waals surface area contributed by atoms with Crippen molar-refractivity contribution in [2.45, 2.75) is 10.8 Å².